The third kappa shape index (κ3) is 1.81. The van der Waals surface area contributed by atoms with Gasteiger partial charge in [0.1, 0.15) is 5.01 Å². The summed E-state index contributed by atoms with van der Waals surface area (Å²) in [5, 5.41) is 1.05. The fraction of sp³-hybridized carbons (Fsp3) is 0.182. The highest BCUT2D eigenvalue weighted by molar-refractivity contribution is 7.15. The Morgan fingerprint density at radius 3 is 2.79 bits per heavy atom. The van der Waals surface area contributed by atoms with Gasteiger partial charge in [0.15, 0.2) is 0 Å². The summed E-state index contributed by atoms with van der Waals surface area (Å²) in [6.07, 6.45) is 1.85. The van der Waals surface area contributed by atoms with Crippen LogP contribution in [0.4, 0.5) is 0 Å². The quantitative estimate of drug-likeness (QED) is 0.705. The van der Waals surface area contributed by atoms with E-state index in [-0.39, 0.29) is 0 Å². The second kappa shape index (κ2) is 4.11. The van der Waals surface area contributed by atoms with Crippen LogP contribution in [0.5, 0.6) is 0 Å². The summed E-state index contributed by atoms with van der Waals surface area (Å²) in [7, 11) is 0. The molecule has 14 heavy (non-hydrogen) atoms. The Morgan fingerprint density at radius 1 is 1.36 bits per heavy atom. The average Bonchev–Trinajstić information content (AvgIpc) is 2.67. The molecule has 3 heteroatoms. The lowest BCUT2D eigenvalue weighted by Crippen LogP contribution is -1.79. The van der Waals surface area contributed by atoms with E-state index < -0.39 is 0 Å². The number of hydrogen-bond acceptors (Lipinski definition) is 2. The predicted octanol–water partition coefficient (Wildman–Crippen LogP) is 3.86. The lowest BCUT2D eigenvalue weighted by Gasteiger charge is -1.99. The Hall–Kier alpha value is -0.860. The smallest absolute Gasteiger partial charge is 0.123 e. The van der Waals surface area contributed by atoms with Crippen LogP contribution in [-0.4, -0.2) is 4.98 Å². The highest BCUT2D eigenvalue weighted by Crippen LogP contribution is 2.28. The molecule has 0 bridgehead atoms. The van der Waals surface area contributed by atoms with Gasteiger partial charge in [-0.15, -0.1) is 22.9 Å². The lowest BCUT2D eigenvalue weighted by molar-refractivity contribution is 1.35. The molecular weight excluding hydrogens is 214 g/mol. The Balaban J connectivity index is 2.44. The first kappa shape index (κ1) is 9.69. The van der Waals surface area contributed by atoms with Gasteiger partial charge in [-0.25, -0.2) is 4.98 Å². The summed E-state index contributed by atoms with van der Waals surface area (Å²) in [6, 6.07) is 8.25. The first-order chi connectivity index (χ1) is 6.81. The molecule has 0 radical (unpaired) electrons. The molecule has 2 aromatic rings. The van der Waals surface area contributed by atoms with Crippen LogP contribution in [0.25, 0.3) is 10.6 Å². The Bertz CT molecular complexity index is 436. The van der Waals surface area contributed by atoms with Crippen molar-refractivity contribution in [3.8, 4) is 10.6 Å². The molecule has 0 aliphatic heterocycles. The summed E-state index contributed by atoms with van der Waals surface area (Å²) < 4.78 is 0. The minimum absolute atomic E-state index is 0.545. The van der Waals surface area contributed by atoms with Gasteiger partial charge in [-0.05, 0) is 12.5 Å². The molecule has 1 heterocycles. The van der Waals surface area contributed by atoms with Gasteiger partial charge < -0.3 is 0 Å². The monoisotopic (exact) mass is 223 g/mol. The molecule has 2 rings (SSSR count). The van der Waals surface area contributed by atoms with E-state index in [0.29, 0.717) is 5.88 Å². The van der Waals surface area contributed by atoms with Crippen molar-refractivity contribution in [3.05, 3.63) is 40.9 Å². The van der Waals surface area contributed by atoms with Crippen LogP contribution in [0.3, 0.4) is 0 Å². The minimum Gasteiger partial charge on any atom is -0.244 e. The van der Waals surface area contributed by atoms with Gasteiger partial charge in [0.25, 0.3) is 0 Å². The molecule has 0 fully saturated rings. The van der Waals surface area contributed by atoms with Gasteiger partial charge in [-0.3, -0.25) is 0 Å². The molecule has 1 aromatic carbocycles. The molecule has 0 aliphatic rings. The highest BCUT2D eigenvalue weighted by Gasteiger charge is 2.05. The first-order valence-corrected chi connectivity index (χ1v) is 5.73. The van der Waals surface area contributed by atoms with E-state index in [4.69, 9.17) is 11.6 Å². The zero-order valence-corrected chi connectivity index (χ0v) is 9.40. The molecular formula is C11H10ClNS. The van der Waals surface area contributed by atoms with Gasteiger partial charge in [0.2, 0.25) is 0 Å². The van der Waals surface area contributed by atoms with Crippen molar-refractivity contribution in [2.75, 3.05) is 0 Å². The van der Waals surface area contributed by atoms with E-state index in [0.717, 1.165) is 9.88 Å². The molecule has 0 atom stereocenters. The van der Waals surface area contributed by atoms with Crippen LogP contribution in [0.1, 0.15) is 10.4 Å². The predicted molar refractivity (Wildman–Crippen MR) is 61.8 cm³/mol. The van der Waals surface area contributed by atoms with Crippen LogP contribution >= 0.6 is 22.9 Å². The summed E-state index contributed by atoms with van der Waals surface area (Å²) >= 11 is 7.39. The minimum atomic E-state index is 0.545. The number of halogens is 1. The molecule has 0 aliphatic carbocycles. The zero-order valence-electron chi connectivity index (χ0n) is 7.83. The standard InChI is InChI=1S/C11H10ClNS/c1-8-4-2-3-5-10(8)11-13-7-9(6-12)14-11/h2-5,7H,6H2,1H3. The first-order valence-electron chi connectivity index (χ1n) is 4.38. The number of thiazole rings is 1. The van der Waals surface area contributed by atoms with E-state index in [9.17, 15) is 0 Å². The maximum atomic E-state index is 5.74. The molecule has 0 saturated heterocycles. The van der Waals surface area contributed by atoms with Crippen LogP contribution in [-0.2, 0) is 5.88 Å². The molecule has 0 saturated carbocycles. The van der Waals surface area contributed by atoms with Crippen molar-refractivity contribution >= 4 is 22.9 Å². The summed E-state index contributed by atoms with van der Waals surface area (Å²) in [4.78, 5) is 5.47. The second-order valence-electron chi connectivity index (χ2n) is 3.08. The van der Waals surface area contributed by atoms with Crippen molar-refractivity contribution in [2.24, 2.45) is 0 Å². The van der Waals surface area contributed by atoms with Crippen molar-refractivity contribution in [3.63, 3.8) is 0 Å². The van der Waals surface area contributed by atoms with Crippen molar-refractivity contribution < 1.29 is 0 Å². The highest BCUT2D eigenvalue weighted by atomic mass is 35.5. The molecule has 1 aromatic heterocycles. The molecule has 1 nitrogen and oxygen atoms in total. The fourth-order valence-electron chi connectivity index (χ4n) is 1.31. The zero-order chi connectivity index (χ0) is 9.97. The van der Waals surface area contributed by atoms with E-state index in [2.05, 4.69) is 24.0 Å². The molecule has 0 N–H and O–H groups in total. The summed E-state index contributed by atoms with van der Waals surface area (Å²) in [6.45, 7) is 2.09. The van der Waals surface area contributed by atoms with Crippen molar-refractivity contribution in [1.29, 1.82) is 0 Å². The largest absolute Gasteiger partial charge is 0.244 e. The number of aromatic nitrogens is 1. The molecule has 0 spiro atoms. The second-order valence-corrected chi connectivity index (χ2v) is 4.46. The fourth-order valence-corrected chi connectivity index (χ4v) is 2.39. The summed E-state index contributed by atoms with van der Waals surface area (Å²) in [5.74, 6) is 0.545. The molecule has 0 amide bonds. The van der Waals surface area contributed by atoms with E-state index in [1.165, 1.54) is 11.1 Å². The third-order valence-corrected chi connectivity index (χ3v) is 3.54. The number of alkyl halides is 1. The van der Waals surface area contributed by atoms with Crippen LogP contribution in [0.2, 0.25) is 0 Å². The topological polar surface area (TPSA) is 12.9 Å². The SMILES string of the molecule is Cc1ccccc1-c1ncc(CCl)s1. The van der Waals surface area contributed by atoms with Crippen LogP contribution < -0.4 is 0 Å². The average molecular weight is 224 g/mol. The Labute approximate surface area is 92.4 Å². The molecule has 0 unspecified atom stereocenters. The van der Waals surface area contributed by atoms with Crippen molar-refractivity contribution in [2.45, 2.75) is 12.8 Å². The van der Waals surface area contributed by atoms with Crippen molar-refractivity contribution in [1.82, 2.24) is 4.98 Å². The van der Waals surface area contributed by atoms with E-state index >= 15 is 0 Å². The van der Waals surface area contributed by atoms with Gasteiger partial charge in [-0.2, -0.15) is 0 Å². The van der Waals surface area contributed by atoms with E-state index in [1.807, 2.05) is 18.3 Å². The lowest BCUT2D eigenvalue weighted by atomic mass is 10.1. The van der Waals surface area contributed by atoms with Gasteiger partial charge in [0.05, 0.1) is 5.88 Å². The normalized spacial score (nSPS) is 10.4. The third-order valence-electron chi connectivity index (χ3n) is 2.06. The van der Waals surface area contributed by atoms with Crippen LogP contribution in [0.15, 0.2) is 30.5 Å². The van der Waals surface area contributed by atoms with Gasteiger partial charge >= 0.3 is 0 Å². The summed E-state index contributed by atoms with van der Waals surface area (Å²) in [5.41, 5.74) is 2.46. The number of aryl methyl sites for hydroxylation is 1. The maximum Gasteiger partial charge on any atom is 0.123 e. The number of hydrogen-bond donors (Lipinski definition) is 0. The maximum absolute atomic E-state index is 5.74. The van der Waals surface area contributed by atoms with Gasteiger partial charge in [0, 0.05) is 16.6 Å². The number of rotatable bonds is 2. The number of nitrogens with zero attached hydrogens (tertiary/aromatic N) is 1. The van der Waals surface area contributed by atoms with Crippen LogP contribution in [0, 0.1) is 6.92 Å². The Morgan fingerprint density at radius 2 is 2.14 bits per heavy atom. The molecule has 72 valence electrons. The van der Waals surface area contributed by atoms with Gasteiger partial charge in [-0.1, -0.05) is 24.3 Å². The van der Waals surface area contributed by atoms with E-state index in [1.54, 1.807) is 11.3 Å². The number of benzene rings is 1. The Kier molecular flexibility index (Phi) is 2.85.